The molecule has 0 bridgehead atoms. The summed E-state index contributed by atoms with van der Waals surface area (Å²) in [5.74, 6) is 0.221. The SMILES string of the molecule is O=C1SC(=Cc2ccc(-c3ccccc3OC(F)(F)F)o2)C(=O)N1Cc1cc2c(cc1Cl)OCO2. The van der Waals surface area contributed by atoms with E-state index in [-0.39, 0.29) is 35.3 Å². The van der Waals surface area contributed by atoms with Crippen molar-refractivity contribution in [1.82, 2.24) is 4.90 Å². The van der Waals surface area contributed by atoms with Crippen LogP contribution < -0.4 is 14.2 Å². The monoisotopic (exact) mass is 523 g/mol. The minimum absolute atomic E-state index is 0.0529. The first-order valence-electron chi connectivity index (χ1n) is 9.96. The largest absolute Gasteiger partial charge is 0.573 e. The minimum atomic E-state index is -4.87. The second kappa shape index (κ2) is 8.90. The lowest BCUT2D eigenvalue weighted by molar-refractivity contribution is -0.274. The molecule has 0 saturated carbocycles. The summed E-state index contributed by atoms with van der Waals surface area (Å²) in [5, 5.41) is -0.196. The first-order valence-corrected chi connectivity index (χ1v) is 11.2. The Kier molecular flexibility index (Phi) is 5.89. The first kappa shape index (κ1) is 23.2. The van der Waals surface area contributed by atoms with E-state index in [1.165, 1.54) is 36.4 Å². The molecule has 2 amide bonds. The van der Waals surface area contributed by atoms with Gasteiger partial charge in [0.1, 0.15) is 17.3 Å². The average molecular weight is 524 g/mol. The molecule has 7 nitrogen and oxygen atoms in total. The lowest BCUT2D eigenvalue weighted by Crippen LogP contribution is -2.27. The Balaban J connectivity index is 1.36. The summed E-state index contributed by atoms with van der Waals surface area (Å²) in [4.78, 5) is 26.5. The van der Waals surface area contributed by atoms with Crippen LogP contribution in [0.2, 0.25) is 5.02 Å². The Bertz CT molecular complexity index is 1370. The molecule has 0 aliphatic carbocycles. The number of hydrogen-bond acceptors (Lipinski definition) is 7. The molecule has 0 atom stereocenters. The summed E-state index contributed by atoms with van der Waals surface area (Å²) in [6.07, 6.45) is -3.52. The van der Waals surface area contributed by atoms with Gasteiger partial charge in [-0.05, 0) is 47.7 Å². The first-order chi connectivity index (χ1) is 16.7. The Hall–Kier alpha value is -3.57. The molecule has 0 N–H and O–H groups in total. The molecule has 2 aliphatic rings. The average Bonchev–Trinajstić information content (AvgIpc) is 3.50. The Morgan fingerprint density at radius 2 is 1.83 bits per heavy atom. The van der Waals surface area contributed by atoms with Gasteiger partial charge in [-0.1, -0.05) is 23.7 Å². The number of para-hydroxylation sites is 1. The van der Waals surface area contributed by atoms with E-state index in [4.69, 9.17) is 25.5 Å². The number of ether oxygens (including phenoxy) is 3. The number of hydrogen-bond donors (Lipinski definition) is 0. The van der Waals surface area contributed by atoms with E-state index >= 15 is 0 Å². The van der Waals surface area contributed by atoms with Gasteiger partial charge in [-0.3, -0.25) is 14.5 Å². The second-order valence-electron chi connectivity index (χ2n) is 7.31. The predicted octanol–water partition coefficient (Wildman–Crippen LogP) is 6.46. The van der Waals surface area contributed by atoms with Gasteiger partial charge in [-0.15, -0.1) is 13.2 Å². The molecule has 0 radical (unpaired) electrons. The quantitative estimate of drug-likeness (QED) is 0.355. The summed E-state index contributed by atoms with van der Waals surface area (Å²) >= 11 is 6.97. The van der Waals surface area contributed by atoms with Crippen LogP contribution in [0.5, 0.6) is 17.2 Å². The molecule has 35 heavy (non-hydrogen) atoms. The van der Waals surface area contributed by atoms with E-state index in [2.05, 4.69) is 4.74 Å². The Morgan fingerprint density at radius 3 is 2.60 bits per heavy atom. The van der Waals surface area contributed by atoms with E-state index in [1.54, 1.807) is 12.1 Å². The molecule has 12 heteroatoms. The summed E-state index contributed by atoms with van der Waals surface area (Å²) in [6.45, 7) is -0.0274. The predicted molar refractivity (Wildman–Crippen MR) is 120 cm³/mol. The van der Waals surface area contributed by atoms with Gasteiger partial charge in [0.15, 0.2) is 11.5 Å². The van der Waals surface area contributed by atoms with Crippen LogP contribution in [0.15, 0.2) is 57.9 Å². The third-order valence-electron chi connectivity index (χ3n) is 5.02. The molecule has 0 unspecified atom stereocenters. The zero-order valence-corrected chi connectivity index (χ0v) is 19.0. The summed E-state index contributed by atoms with van der Waals surface area (Å²) in [7, 11) is 0. The van der Waals surface area contributed by atoms with Gasteiger partial charge in [0, 0.05) is 17.2 Å². The molecule has 3 heterocycles. The maximum atomic E-state index is 12.9. The number of benzene rings is 2. The summed E-state index contributed by atoms with van der Waals surface area (Å²) < 4.78 is 58.4. The van der Waals surface area contributed by atoms with Crippen molar-refractivity contribution in [2.75, 3.05) is 6.79 Å². The molecule has 180 valence electrons. The van der Waals surface area contributed by atoms with Crippen molar-refractivity contribution in [3.8, 4) is 28.6 Å². The van der Waals surface area contributed by atoms with Gasteiger partial charge in [-0.25, -0.2) is 0 Å². The fraction of sp³-hybridized carbons (Fsp3) is 0.130. The van der Waals surface area contributed by atoms with Crippen molar-refractivity contribution >= 4 is 40.6 Å². The van der Waals surface area contributed by atoms with Crippen LogP contribution in [0, 0.1) is 0 Å². The highest BCUT2D eigenvalue weighted by Crippen LogP contribution is 2.40. The molecule has 0 spiro atoms. The second-order valence-corrected chi connectivity index (χ2v) is 8.71. The lowest BCUT2D eigenvalue weighted by atomic mass is 10.1. The molecule has 2 aromatic carbocycles. The van der Waals surface area contributed by atoms with Crippen LogP contribution in [0.25, 0.3) is 17.4 Å². The summed E-state index contributed by atoms with van der Waals surface area (Å²) in [6, 6.07) is 11.6. The van der Waals surface area contributed by atoms with Gasteiger partial charge in [0.2, 0.25) is 6.79 Å². The van der Waals surface area contributed by atoms with Crippen molar-refractivity contribution < 1.29 is 41.4 Å². The van der Waals surface area contributed by atoms with E-state index in [0.717, 1.165) is 11.0 Å². The van der Waals surface area contributed by atoms with E-state index in [1.807, 2.05) is 0 Å². The van der Waals surface area contributed by atoms with Crippen molar-refractivity contribution in [1.29, 1.82) is 0 Å². The Morgan fingerprint density at radius 1 is 1.09 bits per heavy atom. The van der Waals surface area contributed by atoms with Crippen molar-refractivity contribution in [2.24, 2.45) is 0 Å². The number of furan rings is 1. The van der Waals surface area contributed by atoms with Gasteiger partial charge in [0.25, 0.3) is 11.1 Å². The normalized spacial score (nSPS) is 16.5. The topological polar surface area (TPSA) is 78.2 Å². The number of nitrogens with zero attached hydrogens (tertiary/aromatic N) is 1. The fourth-order valence-corrected chi connectivity index (χ4v) is 4.51. The Labute approximate surface area is 205 Å². The molecule has 1 aromatic heterocycles. The molecule has 1 saturated heterocycles. The van der Waals surface area contributed by atoms with Crippen LogP contribution in [-0.4, -0.2) is 29.2 Å². The number of halogens is 4. The number of carbonyl (C=O) groups excluding carboxylic acids is 2. The smallest absolute Gasteiger partial charge is 0.457 e. The molecular weight excluding hydrogens is 511 g/mol. The molecular formula is C23H13ClF3NO6S. The van der Waals surface area contributed by atoms with Crippen LogP contribution in [0.3, 0.4) is 0 Å². The van der Waals surface area contributed by atoms with Gasteiger partial charge < -0.3 is 18.6 Å². The number of amides is 2. The molecule has 1 fully saturated rings. The van der Waals surface area contributed by atoms with Crippen LogP contribution in [0.4, 0.5) is 18.0 Å². The number of alkyl halides is 3. The molecule has 3 aromatic rings. The van der Waals surface area contributed by atoms with Gasteiger partial charge >= 0.3 is 6.36 Å². The third kappa shape index (κ3) is 4.82. The highest BCUT2D eigenvalue weighted by molar-refractivity contribution is 8.18. The number of imide groups is 1. The van der Waals surface area contributed by atoms with Crippen LogP contribution in [0.1, 0.15) is 11.3 Å². The number of fused-ring (bicyclic) bond motifs is 1. The molecule has 2 aliphatic heterocycles. The zero-order valence-electron chi connectivity index (χ0n) is 17.4. The van der Waals surface area contributed by atoms with Crippen molar-refractivity contribution in [2.45, 2.75) is 12.9 Å². The van der Waals surface area contributed by atoms with Crippen LogP contribution >= 0.6 is 23.4 Å². The number of thioether (sulfide) groups is 1. The van der Waals surface area contributed by atoms with Crippen molar-refractivity contribution in [3.05, 3.63) is 69.8 Å². The highest BCUT2D eigenvalue weighted by Gasteiger charge is 2.36. The van der Waals surface area contributed by atoms with Crippen molar-refractivity contribution in [3.63, 3.8) is 0 Å². The molecule has 5 rings (SSSR count). The minimum Gasteiger partial charge on any atom is -0.457 e. The van der Waals surface area contributed by atoms with E-state index in [0.29, 0.717) is 33.8 Å². The van der Waals surface area contributed by atoms with E-state index in [9.17, 15) is 22.8 Å². The zero-order chi connectivity index (χ0) is 24.7. The summed E-state index contributed by atoms with van der Waals surface area (Å²) in [5.41, 5.74) is 0.580. The van der Waals surface area contributed by atoms with Crippen LogP contribution in [-0.2, 0) is 11.3 Å². The fourth-order valence-electron chi connectivity index (χ4n) is 3.48. The maximum absolute atomic E-state index is 12.9. The van der Waals surface area contributed by atoms with Gasteiger partial charge in [0.05, 0.1) is 17.0 Å². The van der Waals surface area contributed by atoms with E-state index < -0.39 is 23.3 Å². The highest BCUT2D eigenvalue weighted by atomic mass is 35.5. The maximum Gasteiger partial charge on any atom is 0.573 e. The van der Waals surface area contributed by atoms with Gasteiger partial charge in [-0.2, -0.15) is 0 Å². The number of carbonyl (C=O) groups is 2. The standard InChI is InChI=1S/C23H13ClF3NO6S/c24-15-9-19-18(31-11-32-19)7-12(15)10-28-21(29)20(35-22(28)30)8-13-5-6-16(33-13)14-3-1-2-4-17(14)34-23(25,26)27/h1-9H,10-11H2. The lowest BCUT2D eigenvalue weighted by Gasteiger charge is -2.14. The number of rotatable bonds is 5. The third-order valence-corrected chi connectivity index (χ3v) is 6.28.